The molecule has 0 aliphatic heterocycles. The van der Waals surface area contributed by atoms with Crippen LogP contribution in [0.3, 0.4) is 0 Å². The summed E-state index contributed by atoms with van der Waals surface area (Å²) in [5, 5.41) is 14.9. The minimum Gasteiger partial charge on any atom is -0.390 e. The van der Waals surface area contributed by atoms with Crippen LogP contribution in [0.2, 0.25) is 10.0 Å². The van der Waals surface area contributed by atoms with Gasteiger partial charge in [-0.15, -0.1) is 12.4 Å². The second kappa shape index (κ2) is 8.70. The number of aliphatic hydroxyl groups excluding tert-OH is 1. The third-order valence-corrected chi connectivity index (χ3v) is 4.47. The van der Waals surface area contributed by atoms with Crippen molar-refractivity contribution in [2.45, 2.75) is 6.10 Å². The van der Waals surface area contributed by atoms with E-state index in [2.05, 4.69) is 5.32 Å². The highest BCUT2D eigenvalue weighted by molar-refractivity contribution is 6.42. The van der Waals surface area contributed by atoms with Gasteiger partial charge in [0.15, 0.2) is 0 Å². The van der Waals surface area contributed by atoms with Gasteiger partial charge in [0.05, 0.1) is 27.4 Å². The number of nitrogens with zero attached hydrogens (tertiary/aromatic N) is 1. The van der Waals surface area contributed by atoms with E-state index in [9.17, 15) is 5.11 Å². The number of anilines is 1. The smallest absolute Gasteiger partial charge is 0.0834 e. The van der Waals surface area contributed by atoms with E-state index in [0.717, 1.165) is 27.8 Å². The number of aliphatic hydroxyl groups is 1. The predicted molar refractivity (Wildman–Crippen MR) is 108 cm³/mol. The lowest BCUT2D eigenvalue weighted by Gasteiger charge is -2.14. The van der Waals surface area contributed by atoms with Gasteiger partial charge in [-0.1, -0.05) is 47.5 Å². The maximum Gasteiger partial charge on any atom is 0.0834 e. The van der Waals surface area contributed by atoms with E-state index in [-0.39, 0.29) is 19.0 Å². The molecule has 0 aliphatic rings. The average molecular weight is 399 g/mol. The fourth-order valence-electron chi connectivity index (χ4n) is 2.44. The molecule has 0 bridgehead atoms. The van der Waals surface area contributed by atoms with Gasteiger partial charge < -0.3 is 16.2 Å². The highest BCUT2D eigenvalue weighted by atomic mass is 35.5. The van der Waals surface area contributed by atoms with Crippen molar-refractivity contribution in [1.29, 1.82) is 0 Å². The molecule has 4 N–H and O–H groups in total. The molecule has 0 fully saturated rings. The van der Waals surface area contributed by atoms with E-state index in [1.165, 1.54) is 0 Å². The molecule has 1 heterocycles. The molecule has 3 rings (SSSR count). The van der Waals surface area contributed by atoms with Gasteiger partial charge in [-0.25, -0.2) is 4.98 Å². The highest BCUT2D eigenvalue weighted by Crippen LogP contribution is 2.31. The van der Waals surface area contributed by atoms with Gasteiger partial charge in [-0.2, -0.15) is 0 Å². The topological polar surface area (TPSA) is 71.2 Å². The number of hydrogen-bond donors (Lipinski definition) is 3. The van der Waals surface area contributed by atoms with Crippen molar-refractivity contribution in [3.8, 4) is 11.3 Å². The lowest BCUT2D eigenvalue weighted by atomic mass is 10.1. The Morgan fingerprint density at radius 3 is 2.56 bits per heavy atom. The minimum atomic E-state index is -0.606. The summed E-state index contributed by atoms with van der Waals surface area (Å²) in [6.45, 7) is 0.570. The normalized spacial score (nSPS) is 11.8. The number of pyridine rings is 1. The number of fused-ring (bicyclic) bond motifs is 1. The van der Waals surface area contributed by atoms with Gasteiger partial charge in [0, 0.05) is 29.7 Å². The molecule has 1 aromatic heterocycles. The molecule has 132 valence electrons. The average Bonchev–Trinajstić information content (AvgIpc) is 2.61. The second-order valence-electron chi connectivity index (χ2n) is 5.47. The zero-order chi connectivity index (χ0) is 17.1. The van der Waals surface area contributed by atoms with Crippen LogP contribution in [0.5, 0.6) is 0 Å². The fourth-order valence-corrected chi connectivity index (χ4v) is 2.73. The van der Waals surface area contributed by atoms with Crippen molar-refractivity contribution in [3.63, 3.8) is 0 Å². The Kier molecular flexibility index (Phi) is 6.87. The second-order valence-corrected chi connectivity index (χ2v) is 6.29. The monoisotopic (exact) mass is 397 g/mol. The predicted octanol–water partition coefficient (Wildman–Crippen LogP) is 4.36. The lowest BCUT2D eigenvalue weighted by molar-refractivity contribution is 0.196. The van der Waals surface area contributed by atoms with Gasteiger partial charge >= 0.3 is 0 Å². The Bertz CT molecular complexity index is 873. The minimum absolute atomic E-state index is 0. The van der Waals surface area contributed by atoms with E-state index < -0.39 is 6.10 Å². The van der Waals surface area contributed by atoms with Crippen LogP contribution in [-0.2, 0) is 0 Å². The van der Waals surface area contributed by atoms with Gasteiger partial charge in [0.25, 0.3) is 0 Å². The Morgan fingerprint density at radius 1 is 1.08 bits per heavy atom. The van der Waals surface area contributed by atoms with E-state index in [1.54, 1.807) is 12.1 Å². The molecule has 0 radical (unpaired) electrons. The van der Waals surface area contributed by atoms with Crippen LogP contribution in [0, 0.1) is 0 Å². The first-order valence-corrected chi connectivity index (χ1v) is 8.31. The number of benzene rings is 2. The summed E-state index contributed by atoms with van der Waals surface area (Å²) < 4.78 is 0. The summed E-state index contributed by atoms with van der Waals surface area (Å²) in [6.07, 6.45) is -0.606. The van der Waals surface area contributed by atoms with E-state index in [0.29, 0.717) is 16.6 Å². The number of para-hydroxylation sites is 1. The van der Waals surface area contributed by atoms with Crippen LogP contribution in [0.1, 0.15) is 0 Å². The zero-order valence-electron chi connectivity index (χ0n) is 13.2. The van der Waals surface area contributed by atoms with Crippen molar-refractivity contribution < 1.29 is 5.11 Å². The first-order valence-electron chi connectivity index (χ1n) is 7.55. The van der Waals surface area contributed by atoms with Crippen LogP contribution in [-0.4, -0.2) is 29.3 Å². The van der Waals surface area contributed by atoms with Crippen LogP contribution in [0.15, 0.2) is 48.5 Å². The Balaban J connectivity index is 0.00000225. The van der Waals surface area contributed by atoms with Crippen LogP contribution >= 0.6 is 35.6 Å². The number of nitrogens with one attached hydrogen (secondary N) is 1. The Morgan fingerprint density at radius 2 is 1.84 bits per heavy atom. The number of nitrogens with two attached hydrogens (primary N) is 1. The molecule has 1 atom stereocenters. The molecule has 2 aromatic carbocycles. The molecule has 7 heteroatoms. The molecule has 0 aliphatic carbocycles. The third kappa shape index (κ3) is 4.54. The van der Waals surface area contributed by atoms with Gasteiger partial charge in [-0.05, 0) is 24.3 Å². The van der Waals surface area contributed by atoms with Crippen LogP contribution in [0.4, 0.5) is 5.69 Å². The molecule has 4 nitrogen and oxygen atoms in total. The first-order chi connectivity index (χ1) is 11.6. The number of hydrogen-bond acceptors (Lipinski definition) is 4. The van der Waals surface area contributed by atoms with Crippen molar-refractivity contribution in [2.24, 2.45) is 5.73 Å². The quantitative estimate of drug-likeness (QED) is 0.597. The molecule has 0 amide bonds. The van der Waals surface area contributed by atoms with Crippen molar-refractivity contribution in [2.75, 3.05) is 18.4 Å². The maximum atomic E-state index is 9.71. The van der Waals surface area contributed by atoms with E-state index >= 15 is 0 Å². The summed E-state index contributed by atoms with van der Waals surface area (Å²) in [6, 6.07) is 15.2. The largest absolute Gasteiger partial charge is 0.390 e. The number of rotatable bonds is 5. The van der Waals surface area contributed by atoms with Gasteiger partial charge in [0.1, 0.15) is 0 Å². The maximum absolute atomic E-state index is 9.71. The summed E-state index contributed by atoms with van der Waals surface area (Å²) >= 11 is 12.1. The van der Waals surface area contributed by atoms with Crippen LogP contribution < -0.4 is 11.1 Å². The third-order valence-electron chi connectivity index (χ3n) is 3.73. The summed E-state index contributed by atoms with van der Waals surface area (Å²) in [4.78, 5) is 4.70. The molecule has 0 saturated carbocycles. The molecule has 0 spiro atoms. The molecule has 1 unspecified atom stereocenters. The number of aromatic nitrogens is 1. The van der Waals surface area contributed by atoms with Crippen molar-refractivity contribution >= 4 is 52.2 Å². The lowest BCUT2D eigenvalue weighted by Crippen LogP contribution is -2.27. The van der Waals surface area contributed by atoms with E-state index in [4.69, 9.17) is 33.9 Å². The molecular weight excluding hydrogens is 381 g/mol. The molecular formula is C18H18Cl3N3O. The van der Waals surface area contributed by atoms with Crippen LogP contribution in [0.25, 0.3) is 22.2 Å². The Labute approximate surface area is 162 Å². The SMILES string of the molecule is Cl.NCC(O)CNc1cc(-c2ccc(Cl)c(Cl)c2)nc2ccccc12. The molecule has 3 aromatic rings. The fraction of sp³-hybridized carbons (Fsp3) is 0.167. The summed E-state index contributed by atoms with van der Waals surface area (Å²) in [5.74, 6) is 0. The first kappa shape index (κ1) is 19.8. The Hall–Kier alpha value is -1.56. The van der Waals surface area contributed by atoms with Gasteiger partial charge in [0.2, 0.25) is 0 Å². The molecule has 0 saturated heterocycles. The zero-order valence-corrected chi connectivity index (χ0v) is 15.6. The number of halogens is 3. The summed E-state index contributed by atoms with van der Waals surface area (Å²) in [5.41, 5.74) is 8.85. The standard InChI is InChI=1S/C18H17Cl2N3O.ClH/c19-14-6-5-11(7-15(14)20)17-8-18(22-10-12(24)9-21)13-3-1-2-4-16(13)23-17;/h1-8,12,24H,9-10,21H2,(H,22,23);1H. The van der Waals surface area contributed by atoms with Gasteiger partial charge in [-0.3, -0.25) is 0 Å². The van der Waals surface area contributed by atoms with Crippen molar-refractivity contribution in [1.82, 2.24) is 4.98 Å². The highest BCUT2D eigenvalue weighted by Gasteiger charge is 2.10. The van der Waals surface area contributed by atoms with Crippen molar-refractivity contribution in [3.05, 3.63) is 58.6 Å². The summed E-state index contributed by atoms with van der Waals surface area (Å²) in [7, 11) is 0. The van der Waals surface area contributed by atoms with E-state index in [1.807, 2.05) is 36.4 Å². The molecule has 25 heavy (non-hydrogen) atoms.